The minimum Gasteiger partial charge on any atom is -0.321 e. The number of nitrogens with one attached hydrogen (secondary N) is 1. The van der Waals surface area contributed by atoms with E-state index >= 15 is 0 Å². The van der Waals surface area contributed by atoms with Crippen LogP contribution < -0.4 is 10.9 Å². The van der Waals surface area contributed by atoms with Crippen LogP contribution in [0, 0.1) is 6.92 Å². The molecule has 1 aliphatic rings. The second-order valence-corrected chi connectivity index (χ2v) is 7.36. The van der Waals surface area contributed by atoms with Crippen LogP contribution in [-0.2, 0) is 19.1 Å². The van der Waals surface area contributed by atoms with E-state index in [9.17, 15) is 22.8 Å². The first-order valence-corrected chi connectivity index (χ1v) is 9.09. The van der Waals surface area contributed by atoms with Crippen LogP contribution in [0.25, 0.3) is 10.2 Å². The Morgan fingerprint density at radius 1 is 1.33 bits per heavy atom. The SMILES string of the molecule is Cc1c(C(=O)Nc2cccc(C(F)(F)F)c2)sc2nc3n(c(=O)c12)CCC3. The molecule has 1 N–H and O–H groups in total. The maximum Gasteiger partial charge on any atom is 0.416 e. The lowest BCUT2D eigenvalue weighted by Crippen LogP contribution is -2.20. The molecular formula is C18H14F3N3O2S. The first kappa shape index (κ1) is 17.7. The van der Waals surface area contributed by atoms with Gasteiger partial charge in [0, 0.05) is 18.7 Å². The van der Waals surface area contributed by atoms with Gasteiger partial charge >= 0.3 is 6.18 Å². The zero-order valence-electron chi connectivity index (χ0n) is 14.2. The molecular weight excluding hydrogens is 379 g/mol. The number of hydrogen-bond donors (Lipinski definition) is 1. The highest BCUT2D eigenvalue weighted by molar-refractivity contribution is 7.20. The van der Waals surface area contributed by atoms with Crippen molar-refractivity contribution in [3.8, 4) is 0 Å². The zero-order chi connectivity index (χ0) is 19.3. The number of halogens is 3. The molecule has 5 nitrogen and oxygen atoms in total. The van der Waals surface area contributed by atoms with E-state index < -0.39 is 17.6 Å². The largest absolute Gasteiger partial charge is 0.416 e. The fourth-order valence-electron chi connectivity index (χ4n) is 3.25. The van der Waals surface area contributed by atoms with Crippen LogP contribution in [-0.4, -0.2) is 15.5 Å². The number of carbonyl (C=O) groups is 1. The van der Waals surface area contributed by atoms with Gasteiger partial charge < -0.3 is 5.32 Å². The van der Waals surface area contributed by atoms with E-state index in [0.29, 0.717) is 34.6 Å². The number of alkyl halides is 3. The van der Waals surface area contributed by atoms with E-state index in [1.165, 1.54) is 12.1 Å². The van der Waals surface area contributed by atoms with Crippen molar-refractivity contribution in [3.05, 3.63) is 56.4 Å². The van der Waals surface area contributed by atoms with Crippen molar-refractivity contribution in [1.82, 2.24) is 9.55 Å². The van der Waals surface area contributed by atoms with Gasteiger partial charge in [-0.1, -0.05) is 6.07 Å². The van der Waals surface area contributed by atoms with Crippen molar-refractivity contribution in [3.63, 3.8) is 0 Å². The second kappa shape index (κ2) is 6.19. The number of anilines is 1. The Bertz CT molecular complexity index is 1130. The number of aryl methyl sites for hydroxylation is 2. The van der Waals surface area contributed by atoms with E-state index in [1.807, 2.05) is 0 Å². The Hall–Kier alpha value is -2.68. The van der Waals surface area contributed by atoms with Gasteiger partial charge in [0.15, 0.2) is 0 Å². The third-order valence-corrected chi connectivity index (χ3v) is 5.75. The van der Waals surface area contributed by atoms with Gasteiger partial charge in [-0.05, 0) is 37.1 Å². The number of benzene rings is 1. The zero-order valence-corrected chi connectivity index (χ0v) is 15.0. The smallest absolute Gasteiger partial charge is 0.321 e. The van der Waals surface area contributed by atoms with Gasteiger partial charge in [0.25, 0.3) is 11.5 Å². The highest BCUT2D eigenvalue weighted by atomic mass is 32.1. The molecule has 0 saturated carbocycles. The van der Waals surface area contributed by atoms with Gasteiger partial charge in [0.1, 0.15) is 10.7 Å². The van der Waals surface area contributed by atoms with Crippen molar-refractivity contribution < 1.29 is 18.0 Å². The van der Waals surface area contributed by atoms with E-state index in [-0.39, 0.29) is 16.1 Å². The summed E-state index contributed by atoms with van der Waals surface area (Å²) in [4.78, 5) is 30.5. The first-order chi connectivity index (χ1) is 12.8. The molecule has 0 fully saturated rings. The van der Waals surface area contributed by atoms with Crippen LogP contribution in [0.2, 0.25) is 0 Å². The number of carbonyl (C=O) groups excluding carboxylic acids is 1. The van der Waals surface area contributed by atoms with Crippen LogP contribution >= 0.6 is 11.3 Å². The fraction of sp³-hybridized carbons (Fsp3) is 0.278. The molecule has 27 heavy (non-hydrogen) atoms. The number of aromatic nitrogens is 2. The lowest BCUT2D eigenvalue weighted by atomic mass is 10.1. The van der Waals surface area contributed by atoms with Crippen LogP contribution in [0.1, 0.15) is 33.0 Å². The van der Waals surface area contributed by atoms with Gasteiger partial charge in [0.2, 0.25) is 0 Å². The third-order valence-electron chi connectivity index (χ3n) is 4.57. The summed E-state index contributed by atoms with van der Waals surface area (Å²) >= 11 is 1.08. The Balaban J connectivity index is 1.71. The number of thiophene rings is 1. The highest BCUT2D eigenvalue weighted by Crippen LogP contribution is 2.32. The summed E-state index contributed by atoms with van der Waals surface area (Å²) in [6, 6.07) is 4.43. The number of fused-ring (bicyclic) bond motifs is 2. The summed E-state index contributed by atoms with van der Waals surface area (Å²) in [7, 11) is 0. The second-order valence-electron chi connectivity index (χ2n) is 6.36. The molecule has 4 rings (SSSR count). The van der Waals surface area contributed by atoms with Crippen molar-refractivity contribution in [2.75, 3.05) is 5.32 Å². The van der Waals surface area contributed by atoms with Gasteiger partial charge in [-0.3, -0.25) is 14.2 Å². The molecule has 0 radical (unpaired) electrons. The molecule has 1 aromatic carbocycles. The summed E-state index contributed by atoms with van der Waals surface area (Å²) in [6.45, 7) is 2.27. The topological polar surface area (TPSA) is 64.0 Å². The molecule has 2 aromatic heterocycles. The number of hydrogen-bond acceptors (Lipinski definition) is 4. The summed E-state index contributed by atoms with van der Waals surface area (Å²) in [5, 5.41) is 2.89. The molecule has 0 unspecified atom stereocenters. The summed E-state index contributed by atoms with van der Waals surface area (Å²) in [6.07, 6.45) is -2.91. The van der Waals surface area contributed by atoms with Crippen LogP contribution in [0.15, 0.2) is 29.1 Å². The highest BCUT2D eigenvalue weighted by Gasteiger charge is 2.30. The van der Waals surface area contributed by atoms with E-state index in [0.717, 1.165) is 29.9 Å². The van der Waals surface area contributed by atoms with Crippen molar-refractivity contribution in [2.45, 2.75) is 32.5 Å². The Morgan fingerprint density at radius 3 is 2.85 bits per heavy atom. The molecule has 140 valence electrons. The normalized spacial score (nSPS) is 13.8. The van der Waals surface area contributed by atoms with Gasteiger partial charge in [-0.15, -0.1) is 11.3 Å². The van der Waals surface area contributed by atoms with E-state index in [4.69, 9.17) is 0 Å². The van der Waals surface area contributed by atoms with Crippen molar-refractivity contribution >= 4 is 33.1 Å². The minimum absolute atomic E-state index is 0.0406. The number of amides is 1. The molecule has 0 spiro atoms. The number of rotatable bonds is 2. The molecule has 0 aliphatic carbocycles. The first-order valence-electron chi connectivity index (χ1n) is 8.27. The lowest BCUT2D eigenvalue weighted by Gasteiger charge is -2.09. The Morgan fingerprint density at radius 2 is 2.11 bits per heavy atom. The quantitative estimate of drug-likeness (QED) is 0.716. The molecule has 9 heteroatoms. The maximum absolute atomic E-state index is 12.8. The van der Waals surface area contributed by atoms with Gasteiger partial charge in [-0.25, -0.2) is 4.98 Å². The van der Waals surface area contributed by atoms with Crippen molar-refractivity contribution in [2.24, 2.45) is 0 Å². The summed E-state index contributed by atoms with van der Waals surface area (Å²) in [5.41, 5.74) is -0.470. The standard InChI is InChI=1S/C18H14F3N3O2S/c1-9-13-16(23-12-6-3-7-24(12)17(13)26)27-14(9)15(25)22-11-5-2-4-10(8-11)18(19,20)21/h2,4-5,8H,3,6-7H2,1H3,(H,22,25). The molecule has 1 amide bonds. The Labute approximate surface area is 155 Å². The number of nitrogens with zero attached hydrogens (tertiary/aromatic N) is 2. The molecule has 0 bridgehead atoms. The molecule has 3 aromatic rings. The van der Waals surface area contributed by atoms with Crippen molar-refractivity contribution in [1.29, 1.82) is 0 Å². The van der Waals surface area contributed by atoms with E-state index in [1.54, 1.807) is 11.5 Å². The molecule has 3 heterocycles. The average molecular weight is 393 g/mol. The average Bonchev–Trinajstić information content (AvgIpc) is 3.19. The van der Waals surface area contributed by atoms with Gasteiger partial charge in [0.05, 0.1) is 15.8 Å². The predicted molar refractivity (Wildman–Crippen MR) is 96.3 cm³/mol. The third kappa shape index (κ3) is 3.01. The van der Waals surface area contributed by atoms with Crippen LogP contribution in [0.3, 0.4) is 0 Å². The van der Waals surface area contributed by atoms with Gasteiger partial charge in [-0.2, -0.15) is 13.2 Å². The molecule has 1 aliphatic heterocycles. The summed E-state index contributed by atoms with van der Waals surface area (Å²) in [5.74, 6) is 0.151. The van der Waals surface area contributed by atoms with E-state index in [2.05, 4.69) is 10.3 Å². The summed E-state index contributed by atoms with van der Waals surface area (Å²) < 4.78 is 40.1. The monoisotopic (exact) mass is 393 g/mol. The minimum atomic E-state index is -4.49. The molecule has 0 atom stereocenters. The molecule has 0 saturated heterocycles. The van der Waals surface area contributed by atoms with Crippen LogP contribution in [0.5, 0.6) is 0 Å². The lowest BCUT2D eigenvalue weighted by molar-refractivity contribution is -0.137. The fourth-order valence-corrected chi connectivity index (χ4v) is 4.34. The predicted octanol–water partition coefficient (Wildman–Crippen LogP) is 3.98. The Kier molecular flexibility index (Phi) is 4.06. The van der Waals surface area contributed by atoms with Crippen LogP contribution in [0.4, 0.5) is 18.9 Å². The maximum atomic E-state index is 12.8.